The zero-order valence-corrected chi connectivity index (χ0v) is 17.1. The summed E-state index contributed by atoms with van der Waals surface area (Å²) in [6, 6.07) is 14.1. The molecule has 0 atom stereocenters. The number of nitrogens with one attached hydrogen (secondary N) is 1. The highest BCUT2D eigenvalue weighted by atomic mass is 32.1. The molecule has 0 aliphatic rings. The van der Waals surface area contributed by atoms with Crippen LogP contribution in [0.15, 0.2) is 63.1 Å². The Hall–Kier alpha value is -3.65. The number of nitrogens with zero attached hydrogens (tertiary/aromatic N) is 1. The van der Waals surface area contributed by atoms with Crippen LogP contribution in [0.4, 0.5) is 5.13 Å². The van der Waals surface area contributed by atoms with E-state index in [1.54, 1.807) is 25.3 Å². The Bertz CT molecular complexity index is 1280. The quantitative estimate of drug-likeness (QED) is 0.467. The molecular formula is C22H18N2O5S. The van der Waals surface area contributed by atoms with E-state index in [4.69, 9.17) is 13.9 Å². The molecule has 2 aromatic carbocycles. The van der Waals surface area contributed by atoms with Gasteiger partial charge in [-0.15, -0.1) is 11.3 Å². The fourth-order valence-electron chi connectivity index (χ4n) is 2.95. The fraction of sp³-hybridized carbons (Fsp3) is 0.136. The molecule has 8 heteroatoms. The van der Waals surface area contributed by atoms with Crippen molar-refractivity contribution in [1.82, 2.24) is 4.98 Å². The summed E-state index contributed by atoms with van der Waals surface area (Å²) in [7, 11) is 1.61. The molecule has 4 rings (SSSR count). The van der Waals surface area contributed by atoms with Crippen molar-refractivity contribution < 1.29 is 18.7 Å². The highest BCUT2D eigenvalue weighted by Crippen LogP contribution is 2.27. The van der Waals surface area contributed by atoms with E-state index in [0.29, 0.717) is 16.5 Å². The molecule has 0 saturated heterocycles. The smallest absolute Gasteiger partial charge is 0.336 e. The van der Waals surface area contributed by atoms with Gasteiger partial charge >= 0.3 is 5.63 Å². The van der Waals surface area contributed by atoms with Crippen LogP contribution in [-0.4, -0.2) is 24.6 Å². The zero-order valence-electron chi connectivity index (χ0n) is 16.3. The van der Waals surface area contributed by atoms with Crippen molar-refractivity contribution in [2.24, 2.45) is 0 Å². The average molecular weight is 422 g/mol. The van der Waals surface area contributed by atoms with Gasteiger partial charge in [0.05, 0.1) is 12.8 Å². The first kappa shape index (κ1) is 19.7. The molecule has 30 heavy (non-hydrogen) atoms. The Labute approximate surface area is 175 Å². The van der Waals surface area contributed by atoms with Crippen LogP contribution in [0.1, 0.15) is 5.56 Å². The SMILES string of the molecule is COc1cccc(-c2csc(NC(=O)COc3ccc4c(C)cc(=O)oc4c3)n2)c1. The van der Waals surface area contributed by atoms with Crippen molar-refractivity contribution in [3.63, 3.8) is 0 Å². The second kappa shape index (κ2) is 8.38. The normalized spacial score (nSPS) is 10.7. The molecule has 4 aromatic rings. The Balaban J connectivity index is 1.40. The van der Waals surface area contributed by atoms with Crippen LogP contribution in [0, 0.1) is 6.92 Å². The number of hydrogen-bond acceptors (Lipinski definition) is 7. The molecular weight excluding hydrogens is 404 g/mol. The van der Waals surface area contributed by atoms with E-state index in [1.807, 2.05) is 36.6 Å². The number of aromatic nitrogens is 1. The van der Waals surface area contributed by atoms with Crippen molar-refractivity contribution in [2.45, 2.75) is 6.92 Å². The van der Waals surface area contributed by atoms with Crippen LogP contribution in [0.25, 0.3) is 22.2 Å². The molecule has 1 N–H and O–H groups in total. The summed E-state index contributed by atoms with van der Waals surface area (Å²) in [5.41, 5.74) is 2.46. The van der Waals surface area contributed by atoms with Crippen molar-refractivity contribution in [3.05, 3.63) is 69.9 Å². The predicted molar refractivity (Wildman–Crippen MR) is 115 cm³/mol. The lowest BCUT2D eigenvalue weighted by Gasteiger charge is -2.07. The van der Waals surface area contributed by atoms with Gasteiger partial charge in [0.1, 0.15) is 17.1 Å². The number of rotatable bonds is 6. The third-order valence-electron chi connectivity index (χ3n) is 4.41. The van der Waals surface area contributed by atoms with E-state index < -0.39 is 5.63 Å². The van der Waals surface area contributed by atoms with Crippen LogP contribution < -0.4 is 20.4 Å². The molecule has 1 amide bonds. The molecule has 0 spiro atoms. The number of fused-ring (bicyclic) bond motifs is 1. The highest BCUT2D eigenvalue weighted by Gasteiger charge is 2.10. The fourth-order valence-corrected chi connectivity index (χ4v) is 3.68. The van der Waals surface area contributed by atoms with E-state index in [0.717, 1.165) is 28.0 Å². The van der Waals surface area contributed by atoms with Crippen molar-refractivity contribution in [1.29, 1.82) is 0 Å². The molecule has 0 aliphatic carbocycles. The van der Waals surface area contributed by atoms with Crippen molar-refractivity contribution in [3.8, 4) is 22.8 Å². The van der Waals surface area contributed by atoms with Gasteiger partial charge in [0.15, 0.2) is 11.7 Å². The molecule has 0 fully saturated rings. The number of ether oxygens (including phenoxy) is 2. The largest absolute Gasteiger partial charge is 0.497 e. The van der Waals surface area contributed by atoms with E-state index in [1.165, 1.54) is 17.4 Å². The first-order chi connectivity index (χ1) is 14.5. The lowest BCUT2D eigenvalue weighted by molar-refractivity contribution is -0.118. The van der Waals surface area contributed by atoms with Crippen LogP contribution in [0.3, 0.4) is 0 Å². The van der Waals surface area contributed by atoms with Gasteiger partial charge in [0.2, 0.25) is 0 Å². The second-order valence-electron chi connectivity index (χ2n) is 6.51. The van der Waals surface area contributed by atoms with Crippen LogP contribution in [0.2, 0.25) is 0 Å². The minimum absolute atomic E-state index is 0.199. The molecule has 152 valence electrons. The Morgan fingerprint density at radius 3 is 2.87 bits per heavy atom. The van der Waals surface area contributed by atoms with Gasteiger partial charge in [0, 0.05) is 28.5 Å². The second-order valence-corrected chi connectivity index (χ2v) is 7.37. The van der Waals surface area contributed by atoms with E-state index in [2.05, 4.69) is 10.3 Å². The van der Waals surface area contributed by atoms with Gasteiger partial charge in [-0.1, -0.05) is 12.1 Å². The zero-order chi connectivity index (χ0) is 21.1. The number of anilines is 1. The number of aryl methyl sites for hydroxylation is 1. The number of hydrogen-bond donors (Lipinski definition) is 1. The van der Waals surface area contributed by atoms with E-state index in [-0.39, 0.29) is 12.5 Å². The summed E-state index contributed by atoms with van der Waals surface area (Å²) in [6.07, 6.45) is 0. The summed E-state index contributed by atoms with van der Waals surface area (Å²) in [5.74, 6) is 0.829. The van der Waals surface area contributed by atoms with E-state index >= 15 is 0 Å². The van der Waals surface area contributed by atoms with Gasteiger partial charge in [-0.2, -0.15) is 0 Å². The molecule has 0 radical (unpaired) electrons. The van der Waals surface area contributed by atoms with Gasteiger partial charge in [-0.25, -0.2) is 9.78 Å². The Morgan fingerprint density at radius 2 is 2.03 bits per heavy atom. The van der Waals surface area contributed by atoms with Gasteiger partial charge < -0.3 is 13.9 Å². The first-order valence-electron chi connectivity index (χ1n) is 9.09. The summed E-state index contributed by atoms with van der Waals surface area (Å²) in [6.45, 7) is 1.64. The van der Waals surface area contributed by atoms with E-state index in [9.17, 15) is 9.59 Å². The van der Waals surface area contributed by atoms with Gasteiger partial charge in [0.25, 0.3) is 5.91 Å². The average Bonchev–Trinajstić information content (AvgIpc) is 3.20. The highest BCUT2D eigenvalue weighted by molar-refractivity contribution is 7.14. The number of amides is 1. The first-order valence-corrected chi connectivity index (χ1v) is 9.97. The van der Waals surface area contributed by atoms with Crippen LogP contribution in [0.5, 0.6) is 11.5 Å². The summed E-state index contributed by atoms with van der Waals surface area (Å²) < 4.78 is 16.0. The van der Waals surface area contributed by atoms with Crippen LogP contribution >= 0.6 is 11.3 Å². The van der Waals surface area contributed by atoms with Gasteiger partial charge in [-0.05, 0) is 36.8 Å². The number of carbonyl (C=O) groups is 1. The summed E-state index contributed by atoms with van der Waals surface area (Å²) in [5, 5.41) is 5.88. The molecule has 2 aromatic heterocycles. The minimum Gasteiger partial charge on any atom is -0.497 e. The lowest BCUT2D eigenvalue weighted by atomic mass is 10.1. The summed E-state index contributed by atoms with van der Waals surface area (Å²) >= 11 is 1.32. The third kappa shape index (κ3) is 4.33. The maximum Gasteiger partial charge on any atom is 0.336 e. The Morgan fingerprint density at radius 1 is 1.17 bits per heavy atom. The molecule has 0 unspecified atom stereocenters. The minimum atomic E-state index is -0.425. The third-order valence-corrected chi connectivity index (χ3v) is 5.17. The molecule has 7 nitrogen and oxygen atoms in total. The molecule has 0 bridgehead atoms. The maximum absolute atomic E-state index is 12.2. The lowest BCUT2D eigenvalue weighted by Crippen LogP contribution is -2.20. The summed E-state index contributed by atoms with van der Waals surface area (Å²) in [4.78, 5) is 28.2. The monoisotopic (exact) mass is 422 g/mol. The van der Waals surface area contributed by atoms with Crippen molar-refractivity contribution in [2.75, 3.05) is 19.0 Å². The number of benzene rings is 2. The molecule has 0 aliphatic heterocycles. The predicted octanol–water partition coefficient (Wildman–Crippen LogP) is 4.25. The number of methoxy groups -OCH3 is 1. The van der Waals surface area contributed by atoms with Gasteiger partial charge in [-0.3, -0.25) is 10.1 Å². The molecule has 2 heterocycles. The van der Waals surface area contributed by atoms with Crippen LogP contribution in [-0.2, 0) is 4.79 Å². The molecule has 0 saturated carbocycles. The van der Waals surface area contributed by atoms with Crippen molar-refractivity contribution >= 4 is 33.3 Å². The topological polar surface area (TPSA) is 90.7 Å². The Kier molecular flexibility index (Phi) is 5.49. The number of thiazole rings is 1. The standard InChI is InChI=1S/C22H18N2O5S/c1-13-8-21(26)29-19-10-16(6-7-17(13)19)28-11-20(25)24-22-23-18(12-30-22)14-4-3-5-15(9-14)27-2/h3-10,12H,11H2,1-2H3,(H,23,24,25). The number of carbonyl (C=O) groups excluding carboxylic acids is 1. The maximum atomic E-state index is 12.2.